The van der Waals surface area contributed by atoms with Crippen LogP contribution in [0.2, 0.25) is 0 Å². The second-order valence-electron chi connectivity index (χ2n) is 7.49. The molecule has 0 atom stereocenters. The van der Waals surface area contributed by atoms with E-state index >= 15 is 0 Å². The number of rotatable bonds is 8. The average molecular weight is 429 g/mol. The van der Waals surface area contributed by atoms with Crippen molar-refractivity contribution in [3.63, 3.8) is 0 Å². The maximum atomic E-state index is 12.3. The molecule has 3 aromatic rings. The molecule has 0 aliphatic rings. The lowest BCUT2D eigenvalue weighted by molar-refractivity contribution is -0.143. The Morgan fingerprint density at radius 1 is 1.17 bits per heavy atom. The smallest absolute Gasteiger partial charge is 0.310 e. The van der Waals surface area contributed by atoms with Crippen LogP contribution in [-0.4, -0.2) is 45.0 Å². The van der Waals surface area contributed by atoms with Gasteiger partial charge in [0.2, 0.25) is 5.16 Å². The average Bonchev–Trinajstić information content (AvgIpc) is 3.11. The van der Waals surface area contributed by atoms with Gasteiger partial charge in [0.05, 0.1) is 6.42 Å². The predicted molar refractivity (Wildman–Crippen MR) is 117 cm³/mol. The second-order valence-corrected chi connectivity index (χ2v) is 8.26. The minimum atomic E-state index is -0.317. The van der Waals surface area contributed by atoms with E-state index in [0.717, 1.165) is 22.7 Å². The van der Waals surface area contributed by atoms with Gasteiger partial charge in [0, 0.05) is 17.0 Å². The van der Waals surface area contributed by atoms with Crippen LogP contribution in [0.25, 0.3) is 5.78 Å². The first-order chi connectivity index (χ1) is 14.3. The number of aromatic nitrogens is 4. The van der Waals surface area contributed by atoms with Crippen molar-refractivity contribution in [2.45, 2.75) is 52.1 Å². The van der Waals surface area contributed by atoms with Crippen molar-refractivity contribution in [3.05, 3.63) is 46.3 Å². The second kappa shape index (κ2) is 9.47. The number of carbonyl (C=O) groups is 1. The van der Waals surface area contributed by atoms with Crippen LogP contribution in [0.5, 0.6) is 5.75 Å². The summed E-state index contributed by atoms with van der Waals surface area (Å²) in [6.07, 6.45) is 2.05. The van der Waals surface area contributed by atoms with Gasteiger partial charge in [-0.15, -0.1) is 5.10 Å². The highest BCUT2D eigenvalue weighted by Gasteiger charge is 2.16. The lowest BCUT2D eigenvalue weighted by Crippen LogP contribution is -2.16. The summed E-state index contributed by atoms with van der Waals surface area (Å²) in [7, 11) is 0. The number of ether oxygens (including phenoxy) is 2. The van der Waals surface area contributed by atoms with Crippen LogP contribution < -0.4 is 4.74 Å². The van der Waals surface area contributed by atoms with Gasteiger partial charge in [-0.1, -0.05) is 31.7 Å². The van der Waals surface area contributed by atoms with Gasteiger partial charge in [-0.2, -0.15) is 4.98 Å². The molecule has 0 N–H and O–H groups in total. The van der Waals surface area contributed by atoms with E-state index in [1.807, 2.05) is 32.2 Å². The summed E-state index contributed by atoms with van der Waals surface area (Å²) in [6, 6.07) is 6.06. The molecule has 0 spiro atoms. The molecule has 30 heavy (non-hydrogen) atoms. The van der Waals surface area contributed by atoms with E-state index in [-0.39, 0.29) is 19.0 Å². The minimum Gasteiger partial charge on any atom is -0.490 e. The molecule has 2 heterocycles. The van der Waals surface area contributed by atoms with Crippen molar-refractivity contribution in [3.8, 4) is 5.75 Å². The maximum Gasteiger partial charge on any atom is 0.310 e. The van der Waals surface area contributed by atoms with E-state index < -0.39 is 0 Å². The third-order valence-electron chi connectivity index (χ3n) is 5.01. The number of hydrogen-bond acceptors (Lipinski definition) is 7. The Hall–Kier alpha value is -2.61. The normalized spacial score (nSPS) is 11.3. The van der Waals surface area contributed by atoms with Gasteiger partial charge in [-0.25, -0.2) is 9.50 Å². The molecular weight excluding hydrogens is 400 g/mol. The monoisotopic (exact) mass is 428 g/mol. The fourth-order valence-electron chi connectivity index (χ4n) is 3.43. The minimum absolute atomic E-state index is 0.136. The van der Waals surface area contributed by atoms with Crippen LogP contribution in [0.1, 0.15) is 47.8 Å². The van der Waals surface area contributed by atoms with Crippen LogP contribution in [0, 0.1) is 20.8 Å². The molecule has 1 aromatic carbocycles. The quantitative estimate of drug-likeness (QED) is 0.304. The molecule has 0 saturated heterocycles. The van der Waals surface area contributed by atoms with E-state index in [9.17, 15) is 4.79 Å². The van der Waals surface area contributed by atoms with E-state index in [1.54, 1.807) is 4.52 Å². The summed E-state index contributed by atoms with van der Waals surface area (Å²) >= 11 is 1.45. The zero-order chi connectivity index (χ0) is 21.8. The Labute approximate surface area is 181 Å². The van der Waals surface area contributed by atoms with E-state index in [4.69, 9.17) is 9.47 Å². The van der Waals surface area contributed by atoms with Gasteiger partial charge in [0.1, 0.15) is 19.0 Å². The molecule has 3 rings (SSSR count). The highest BCUT2D eigenvalue weighted by molar-refractivity contribution is 7.98. The highest BCUT2D eigenvalue weighted by Crippen LogP contribution is 2.23. The Bertz CT molecular complexity index is 1060. The third-order valence-corrected chi connectivity index (χ3v) is 5.55. The number of benzene rings is 1. The largest absolute Gasteiger partial charge is 0.490 e. The maximum absolute atomic E-state index is 12.3. The molecule has 0 radical (unpaired) electrons. The van der Waals surface area contributed by atoms with Crippen LogP contribution in [0.4, 0.5) is 0 Å². The number of fused-ring (bicyclic) bond motifs is 1. The SMILES string of the molecule is CSc1nc2nc(C)c(CC(=O)OCCOc3ccc(C(C)C)c(C)c3)c(C)n2n1. The van der Waals surface area contributed by atoms with Gasteiger partial charge in [-0.05, 0) is 56.2 Å². The van der Waals surface area contributed by atoms with E-state index in [1.165, 1.54) is 22.9 Å². The van der Waals surface area contributed by atoms with E-state index in [0.29, 0.717) is 23.5 Å². The fraction of sp³-hybridized carbons (Fsp3) is 0.455. The van der Waals surface area contributed by atoms with Crippen molar-refractivity contribution >= 4 is 23.5 Å². The molecule has 160 valence electrons. The van der Waals surface area contributed by atoms with Crippen molar-refractivity contribution in [2.75, 3.05) is 19.5 Å². The van der Waals surface area contributed by atoms with Crippen LogP contribution in [0.3, 0.4) is 0 Å². The zero-order valence-corrected chi connectivity index (χ0v) is 19.2. The number of hydrogen-bond donors (Lipinski definition) is 0. The lowest BCUT2D eigenvalue weighted by atomic mass is 9.98. The van der Waals surface area contributed by atoms with Gasteiger partial charge in [-0.3, -0.25) is 4.79 Å². The first kappa shape index (κ1) is 22.1. The molecule has 0 saturated carbocycles. The van der Waals surface area contributed by atoms with Gasteiger partial charge >= 0.3 is 5.97 Å². The van der Waals surface area contributed by atoms with Gasteiger partial charge in [0.15, 0.2) is 0 Å². The van der Waals surface area contributed by atoms with Gasteiger partial charge in [0.25, 0.3) is 5.78 Å². The summed E-state index contributed by atoms with van der Waals surface area (Å²) < 4.78 is 12.8. The van der Waals surface area contributed by atoms with Crippen LogP contribution in [-0.2, 0) is 16.0 Å². The number of thioether (sulfide) groups is 1. The lowest BCUT2D eigenvalue weighted by Gasteiger charge is -2.13. The molecule has 8 heteroatoms. The number of nitrogens with zero attached hydrogens (tertiary/aromatic N) is 4. The molecular formula is C22H28N4O3S. The summed E-state index contributed by atoms with van der Waals surface area (Å²) in [6.45, 7) is 10.7. The highest BCUT2D eigenvalue weighted by atomic mass is 32.2. The van der Waals surface area contributed by atoms with Crippen LogP contribution >= 0.6 is 11.8 Å². The fourth-order valence-corrected chi connectivity index (χ4v) is 3.76. The Balaban J connectivity index is 1.55. The molecule has 0 amide bonds. The molecule has 2 aromatic heterocycles. The standard InChI is InChI=1S/C22H28N4O3S/c1-13(2)18-8-7-17(11-14(18)3)28-9-10-29-20(27)12-19-15(4)23-21-24-22(30-6)25-26(21)16(19)5/h7-8,11,13H,9-10,12H2,1-6H3. The Kier molecular flexibility index (Phi) is 6.97. The Morgan fingerprint density at radius 3 is 2.60 bits per heavy atom. The zero-order valence-electron chi connectivity index (χ0n) is 18.4. The Morgan fingerprint density at radius 2 is 1.93 bits per heavy atom. The number of aryl methyl sites for hydroxylation is 3. The predicted octanol–water partition coefficient (Wildman–Crippen LogP) is 4.06. The molecule has 7 nitrogen and oxygen atoms in total. The van der Waals surface area contributed by atoms with Crippen LogP contribution in [0.15, 0.2) is 23.4 Å². The number of carbonyl (C=O) groups excluding carboxylic acids is 1. The summed E-state index contributed by atoms with van der Waals surface area (Å²) in [4.78, 5) is 21.2. The van der Waals surface area contributed by atoms with Crippen molar-refractivity contribution in [2.24, 2.45) is 0 Å². The first-order valence-electron chi connectivity index (χ1n) is 9.96. The summed E-state index contributed by atoms with van der Waals surface area (Å²) in [5.41, 5.74) is 4.92. The van der Waals surface area contributed by atoms with Gasteiger partial charge < -0.3 is 9.47 Å². The van der Waals surface area contributed by atoms with Crippen molar-refractivity contribution in [1.82, 2.24) is 19.6 Å². The molecule has 0 aliphatic heterocycles. The summed E-state index contributed by atoms with van der Waals surface area (Å²) in [5.74, 6) is 1.48. The molecule has 0 fully saturated rings. The van der Waals surface area contributed by atoms with Crippen molar-refractivity contribution < 1.29 is 14.3 Å². The van der Waals surface area contributed by atoms with E-state index in [2.05, 4.69) is 41.9 Å². The molecule has 0 unspecified atom stereocenters. The molecule has 0 aliphatic carbocycles. The number of esters is 1. The topological polar surface area (TPSA) is 78.6 Å². The van der Waals surface area contributed by atoms with Crippen molar-refractivity contribution in [1.29, 1.82) is 0 Å². The summed E-state index contributed by atoms with van der Waals surface area (Å²) in [5, 5.41) is 5.06. The molecule has 0 bridgehead atoms. The third kappa shape index (κ3) is 4.92. The first-order valence-corrected chi connectivity index (χ1v) is 11.2.